The van der Waals surface area contributed by atoms with Gasteiger partial charge in [0.2, 0.25) is 12.3 Å². The van der Waals surface area contributed by atoms with Gasteiger partial charge in [-0.25, -0.2) is 0 Å². The second-order valence-corrected chi connectivity index (χ2v) is 3.32. The molecule has 0 aromatic carbocycles. The third kappa shape index (κ3) is 17.1. The molecule has 4 nitrogen and oxygen atoms in total. The van der Waals surface area contributed by atoms with Gasteiger partial charge in [0, 0.05) is 12.5 Å². The number of nitrogens with one attached hydrogen (secondary N) is 1. The summed E-state index contributed by atoms with van der Waals surface area (Å²) in [6.45, 7) is 6.11. The van der Waals surface area contributed by atoms with Crippen molar-refractivity contribution in [3.05, 3.63) is 0 Å². The molecule has 0 aromatic heterocycles. The molecule has 0 aromatic rings. The van der Waals surface area contributed by atoms with Crippen molar-refractivity contribution in [2.75, 3.05) is 0 Å². The highest BCUT2D eigenvalue weighted by molar-refractivity contribution is 5.76. The van der Waals surface area contributed by atoms with Gasteiger partial charge in [-0.3, -0.25) is 9.59 Å². The van der Waals surface area contributed by atoms with Gasteiger partial charge in [-0.2, -0.15) is 0 Å². The number of carbonyl (C=O) groups excluding carboxylic acids is 2. The highest BCUT2D eigenvalue weighted by atomic mass is 16.1. The van der Waals surface area contributed by atoms with Gasteiger partial charge in [-0.1, -0.05) is 19.8 Å². The van der Waals surface area contributed by atoms with Crippen molar-refractivity contribution in [1.29, 1.82) is 0 Å². The number of hydrogen-bond donors (Lipinski definition) is 2. The first-order chi connectivity index (χ1) is 6.58. The normalized spacial score (nSPS) is 8.86. The van der Waals surface area contributed by atoms with Crippen molar-refractivity contribution >= 4 is 12.3 Å². The Labute approximate surface area is 86.2 Å². The van der Waals surface area contributed by atoms with Crippen LogP contribution in [-0.4, -0.2) is 18.4 Å². The van der Waals surface area contributed by atoms with E-state index in [1.165, 1.54) is 6.42 Å². The molecule has 0 atom stereocenters. The summed E-state index contributed by atoms with van der Waals surface area (Å²) in [6.07, 6.45) is 4.29. The van der Waals surface area contributed by atoms with Crippen molar-refractivity contribution in [2.45, 2.75) is 52.5 Å². The molecule has 4 heteroatoms. The van der Waals surface area contributed by atoms with E-state index >= 15 is 0 Å². The van der Waals surface area contributed by atoms with Crippen LogP contribution >= 0.6 is 0 Å². The fraction of sp³-hybridized carbons (Fsp3) is 0.800. The number of hydrogen-bond acceptors (Lipinski definition) is 2. The Hall–Kier alpha value is -1.06. The number of unbranched alkanes of at least 4 members (excludes halogenated alkanes) is 2. The summed E-state index contributed by atoms with van der Waals surface area (Å²) in [5, 5.41) is 2.86. The van der Waals surface area contributed by atoms with Gasteiger partial charge in [0.15, 0.2) is 0 Å². The molecule has 3 N–H and O–H groups in total. The van der Waals surface area contributed by atoms with E-state index in [0.29, 0.717) is 6.42 Å². The van der Waals surface area contributed by atoms with Gasteiger partial charge in [0.1, 0.15) is 0 Å². The quantitative estimate of drug-likeness (QED) is 0.519. The first-order valence-corrected chi connectivity index (χ1v) is 5.03. The molecular weight excluding hydrogens is 180 g/mol. The largest absolute Gasteiger partial charge is 0.372 e. The first-order valence-electron chi connectivity index (χ1n) is 5.03. The van der Waals surface area contributed by atoms with Gasteiger partial charge in [-0.05, 0) is 20.3 Å². The molecular formula is C10H22N2O2. The lowest BCUT2D eigenvalue weighted by atomic mass is 10.2. The van der Waals surface area contributed by atoms with Crippen LogP contribution in [0.4, 0.5) is 0 Å². The molecule has 0 rings (SSSR count). The zero-order chi connectivity index (χ0) is 11.4. The average Bonchev–Trinajstić information content (AvgIpc) is 2.04. The Morgan fingerprint density at radius 3 is 2.29 bits per heavy atom. The third-order valence-corrected chi connectivity index (χ3v) is 1.46. The van der Waals surface area contributed by atoms with Crippen molar-refractivity contribution in [1.82, 2.24) is 5.32 Å². The van der Waals surface area contributed by atoms with E-state index in [1.54, 1.807) is 0 Å². The van der Waals surface area contributed by atoms with Crippen LogP contribution < -0.4 is 11.1 Å². The Kier molecular flexibility index (Phi) is 13.1. The van der Waals surface area contributed by atoms with E-state index in [4.69, 9.17) is 4.79 Å². The summed E-state index contributed by atoms with van der Waals surface area (Å²) >= 11 is 0. The van der Waals surface area contributed by atoms with Crippen molar-refractivity contribution in [3.63, 3.8) is 0 Å². The van der Waals surface area contributed by atoms with E-state index < -0.39 is 0 Å². The Morgan fingerprint density at radius 2 is 1.93 bits per heavy atom. The molecule has 0 aliphatic carbocycles. The molecule has 0 aliphatic heterocycles. The van der Waals surface area contributed by atoms with Gasteiger partial charge in [0.05, 0.1) is 0 Å². The van der Waals surface area contributed by atoms with Crippen LogP contribution in [-0.2, 0) is 9.59 Å². The maximum atomic E-state index is 11.0. The second-order valence-electron chi connectivity index (χ2n) is 3.32. The van der Waals surface area contributed by atoms with E-state index in [0.717, 1.165) is 12.8 Å². The molecule has 0 heterocycles. The molecule has 0 aliphatic rings. The number of primary amides is 1. The number of nitrogens with two attached hydrogens (primary N) is 1. The fourth-order valence-corrected chi connectivity index (χ4v) is 0.930. The minimum absolute atomic E-state index is 0.188. The van der Waals surface area contributed by atoms with Crippen LogP contribution in [0.5, 0.6) is 0 Å². The summed E-state index contributed by atoms with van der Waals surface area (Å²) in [7, 11) is 0. The number of rotatable bonds is 5. The first kappa shape index (κ1) is 15.4. The van der Waals surface area contributed by atoms with Crippen molar-refractivity contribution in [3.8, 4) is 0 Å². The maximum absolute atomic E-state index is 11.0. The van der Waals surface area contributed by atoms with Crippen LogP contribution in [0, 0.1) is 0 Å². The van der Waals surface area contributed by atoms with Crippen LogP contribution in [0.3, 0.4) is 0 Å². The average molecular weight is 202 g/mol. The van der Waals surface area contributed by atoms with Crippen molar-refractivity contribution in [2.24, 2.45) is 5.73 Å². The van der Waals surface area contributed by atoms with Crippen LogP contribution in [0.2, 0.25) is 0 Å². The molecule has 14 heavy (non-hydrogen) atoms. The molecule has 0 saturated heterocycles. The molecule has 0 saturated carbocycles. The smallest absolute Gasteiger partial charge is 0.220 e. The fourth-order valence-electron chi connectivity index (χ4n) is 0.930. The van der Waals surface area contributed by atoms with Gasteiger partial charge < -0.3 is 11.1 Å². The van der Waals surface area contributed by atoms with Gasteiger partial charge in [0.25, 0.3) is 0 Å². The zero-order valence-corrected chi connectivity index (χ0v) is 9.38. The third-order valence-electron chi connectivity index (χ3n) is 1.46. The minimum atomic E-state index is 0.188. The van der Waals surface area contributed by atoms with E-state index in [1.807, 2.05) is 13.8 Å². The summed E-state index contributed by atoms with van der Waals surface area (Å²) in [5.74, 6) is 0.188. The summed E-state index contributed by atoms with van der Waals surface area (Å²) in [4.78, 5) is 19.6. The number of carbonyl (C=O) groups is 2. The van der Waals surface area contributed by atoms with Gasteiger partial charge in [-0.15, -0.1) is 0 Å². The predicted molar refractivity (Wildman–Crippen MR) is 57.7 cm³/mol. The summed E-state index contributed by atoms with van der Waals surface area (Å²) in [6, 6.07) is 0.282. The Bertz CT molecular complexity index is 147. The molecule has 0 unspecified atom stereocenters. The van der Waals surface area contributed by atoms with E-state index in [9.17, 15) is 4.79 Å². The lowest BCUT2D eigenvalue weighted by Crippen LogP contribution is -2.29. The zero-order valence-electron chi connectivity index (χ0n) is 9.38. The van der Waals surface area contributed by atoms with E-state index in [2.05, 4.69) is 18.0 Å². The SMILES string of the molecule is CCCCCC(=O)NC(C)C.NC=O. The van der Waals surface area contributed by atoms with Gasteiger partial charge >= 0.3 is 0 Å². The topological polar surface area (TPSA) is 72.2 Å². The van der Waals surface area contributed by atoms with Crippen molar-refractivity contribution < 1.29 is 9.59 Å². The highest BCUT2D eigenvalue weighted by Crippen LogP contribution is 1.98. The second kappa shape index (κ2) is 11.9. The molecule has 2 amide bonds. The molecule has 84 valence electrons. The molecule has 0 radical (unpaired) electrons. The maximum Gasteiger partial charge on any atom is 0.220 e. The summed E-state index contributed by atoms with van der Waals surface area (Å²) < 4.78 is 0. The molecule has 0 spiro atoms. The lowest BCUT2D eigenvalue weighted by molar-refractivity contribution is -0.121. The molecule has 0 bridgehead atoms. The Morgan fingerprint density at radius 1 is 1.43 bits per heavy atom. The van der Waals surface area contributed by atoms with Crippen LogP contribution in [0.25, 0.3) is 0 Å². The minimum Gasteiger partial charge on any atom is -0.372 e. The van der Waals surface area contributed by atoms with Crippen LogP contribution in [0.1, 0.15) is 46.5 Å². The monoisotopic (exact) mass is 202 g/mol. The highest BCUT2D eigenvalue weighted by Gasteiger charge is 2.00. The molecule has 0 fully saturated rings. The standard InChI is InChI=1S/C9H19NO.CH3NO/c1-4-5-6-7-9(11)10-8(2)3;2-1-3/h8H,4-7H2,1-3H3,(H,10,11);1H,(H2,2,3). The van der Waals surface area contributed by atoms with E-state index in [-0.39, 0.29) is 18.4 Å². The lowest BCUT2D eigenvalue weighted by Gasteiger charge is -2.07. The van der Waals surface area contributed by atoms with Crippen LogP contribution in [0.15, 0.2) is 0 Å². The number of amides is 2. The Balaban J connectivity index is 0. The predicted octanol–water partition coefficient (Wildman–Crippen LogP) is 1.19. The summed E-state index contributed by atoms with van der Waals surface area (Å²) in [5.41, 5.74) is 4.17.